The predicted octanol–water partition coefficient (Wildman–Crippen LogP) is 3.71. The minimum absolute atomic E-state index is 0.0446. The molecule has 0 saturated heterocycles. The van der Waals surface area contributed by atoms with Crippen LogP contribution in [0.4, 0.5) is 9.52 Å². The molecule has 2 amide bonds. The fourth-order valence-electron chi connectivity index (χ4n) is 5.85. The number of benzene rings is 1. The molecule has 4 saturated carbocycles. The number of hydrogen-bond acceptors (Lipinski definition) is 4. The van der Waals surface area contributed by atoms with Crippen molar-refractivity contribution in [2.75, 3.05) is 11.9 Å². The Morgan fingerprint density at radius 3 is 2.48 bits per heavy atom. The van der Waals surface area contributed by atoms with E-state index in [1.807, 2.05) is 0 Å². The highest BCUT2D eigenvalue weighted by molar-refractivity contribution is 7.22. The quantitative estimate of drug-likeness (QED) is 0.840. The highest BCUT2D eigenvalue weighted by Crippen LogP contribution is 2.60. The third-order valence-electron chi connectivity index (χ3n) is 6.53. The summed E-state index contributed by atoms with van der Waals surface area (Å²) in [6.45, 7) is -0.0507. The topological polar surface area (TPSA) is 71.1 Å². The van der Waals surface area contributed by atoms with Crippen LogP contribution in [0.1, 0.15) is 38.5 Å². The van der Waals surface area contributed by atoms with Crippen molar-refractivity contribution in [3.63, 3.8) is 0 Å². The van der Waals surface area contributed by atoms with Gasteiger partial charge in [0.1, 0.15) is 5.82 Å². The molecule has 4 bridgehead atoms. The van der Waals surface area contributed by atoms with Crippen LogP contribution in [-0.2, 0) is 9.59 Å². The number of thiazole rings is 1. The van der Waals surface area contributed by atoms with E-state index in [-0.39, 0.29) is 29.6 Å². The van der Waals surface area contributed by atoms with E-state index in [9.17, 15) is 14.0 Å². The highest BCUT2D eigenvalue weighted by Gasteiger charge is 2.54. The minimum Gasteiger partial charge on any atom is -0.347 e. The molecule has 1 heterocycles. The van der Waals surface area contributed by atoms with Crippen LogP contribution >= 0.6 is 11.3 Å². The lowest BCUT2D eigenvalue weighted by atomic mass is 9.49. The van der Waals surface area contributed by atoms with Gasteiger partial charge in [-0.1, -0.05) is 11.3 Å². The van der Waals surface area contributed by atoms with Gasteiger partial charge in [-0.05, 0) is 74.5 Å². The minimum atomic E-state index is -0.327. The number of nitrogens with one attached hydrogen (secondary N) is 2. The van der Waals surface area contributed by atoms with Gasteiger partial charge in [-0.15, -0.1) is 0 Å². The summed E-state index contributed by atoms with van der Waals surface area (Å²) >= 11 is 1.23. The number of halogens is 1. The molecule has 0 unspecified atom stereocenters. The van der Waals surface area contributed by atoms with Crippen LogP contribution in [0, 0.1) is 29.0 Å². The molecule has 0 spiro atoms. The summed E-state index contributed by atoms with van der Waals surface area (Å²) < 4.78 is 14.0. The van der Waals surface area contributed by atoms with E-state index in [1.54, 1.807) is 6.07 Å². The van der Waals surface area contributed by atoms with Crippen molar-refractivity contribution in [3.8, 4) is 0 Å². The van der Waals surface area contributed by atoms with Crippen molar-refractivity contribution in [2.24, 2.45) is 23.2 Å². The van der Waals surface area contributed by atoms with E-state index in [2.05, 4.69) is 15.6 Å². The highest BCUT2D eigenvalue weighted by atomic mass is 32.1. The molecule has 7 heteroatoms. The van der Waals surface area contributed by atoms with Gasteiger partial charge >= 0.3 is 0 Å². The van der Waals surface area contributed by atoms with Gasteiger partial charge in [-0.3, -0.25) is 9.59 Å². The van der Waals surface area contributed by atoms with Crippen molar-refractivity contribution >= 4 is 38.5 Å². The Morgan fingerprint density at radius 1 is 1.15 bits per heavy atom. The van der Waals surface area contributed by atoms with Crippen LogP contribution in [0.5, 0.6) is 0 Å². The van der Waals surface area contributed by atoms with Gasteiger partial charge in [0.15, 0.2) is 5.13 Å². The van der Waals surface area contributed by atoms with Crippen molar-refractivity contribution in [1.82, 2.24) is 10.3 Å². The monoisotopic (exact) mass is 387 g/mol. The van der Waals surface area contributed by atoms with Gasteiger partial charge in [-0.2, -0.15) is 0 Å². The Balaban J connectivity index is 1.21. The molecule has 27 heavy (non-hydrogen) atoms. The molecule has 5 nitrogen and oxygen atoms in total. The number of hydrogen-bond donors (Lipinski definition) is 2. The van der Waals surface area contributed by atoms with E-state index in [0.29, 0.717) is 33.1 Å². The fraction of sp³-hybridized carbons (Fsp3) is 0.550. The standard InChI is InChI=1S/C20H22FN3O2S/c21-14-1-2-15-16(6-14)27-19(23-15)24-17(25)10-22-18(26)20-7-11-3-12(8-20)5-13(4-11)9-20/h1-2,6,11-13H,3-5,7-10H2,(H,22,26)(H,23,24,25). The Labute approximate surface area is 160 Å². The zero-order valence-electron chi connectivity index (χ0n) is 15.0. The van der Waals surface area contributed by atoms with Gasteiger partial charge in [-0.25, -0.2) is 9.37 Å². The summed E-state index contributed by atoms with van der Waals surface area (Å²) in [5, 5.41) is 6.00. The lowest BCUT2D eigenvalue weighted by Crippen LogP contribution is -2.54. The number of nitrogens with zero attached hydrogens (tertiary/aromatic N) is 1. The first-order valence-corrected chi connectivity index (χ1v) is 10.4. The summed E-state index contributed by atoms with van der Waals surface area (Å²) in [6.07, 6.45) is 6.79. The lowest BCUT2D eigenvalue weighted by molar-refractivity contribution is -0.146. The van der Waals surface area contributed by atoms with E-state index < -0.39 is 0 Å². The molecule has 2 aromatic rings. The molecule has 142 valence electrons. The number of amides is 2. The summed E-state index contributed by atoms with van der Waals surface area (Å²) in [6, 6.07) is 4.34. The first-order chi connectivity index (χ1) is 13.0. The number of carbonyl (C=O) groups excluding carboxylic acids is 2. The molecule has 1 aromatic carbocycles. The maximum absolute atomic E-state index is 13.3. The Kier molecular flexibility index (Phi) is 3.96. The average molecular weight is 387 g/mol. The molecule has 2 N–H and O–H groups in total. The van der Waals surface area contributed by atoms with Crippen LogP contribution in [0.3, 0.4) is 0 Å². The number of rotatable bonds is 4. The molecule has 4 aliphatic rings. The molecule has 1 aromatic heterocycles. The fourth-order valence-corrected chi connectivity index (χ4v) is 6.76. The lowest BCUT2D eigenvalue weighted by Gasteiger charge is -2.55. The van der Waals surface area contributed by atoms with Crippen molar-refractivity contribution < 1.29 is 14.0 Å². The first kappa shape index (κ1) is 17.1. The number of fused-ring (bicyclic) bond motifs is 1. The first-order valence-electron chi connectivity index (χ1n) is 9.63. The summed E-state index contributed by atoms with van der Waals surface area (Å²) in [4.78, 5) is 29.4. The second-order valence-corrected chi connectivity index (χ2v) is 9.59. The van der Waals surface area contributed by atoms with Crippen molar-refractivity contribution in [3.05, 3.63) is 24.0 Å². The van der Waals surface area contributed by atoms with Gasteiger partial charge in [0.05, 0.1) is 16.8 Å². The predicted molar refractivity (Wildman–Crippen MR) is 102 cm³/mol. The van der Waals surface area contributed by atoms with Crippen LogP contribution in [0.25, 0.3) is 10.2 Å². The normalized spacial score (nSPS) is 31.2. The van der Waals surface area contributed by atoms with Gasteiger partial charge < -0.3 is 10.6 Å². The van der Waals surface area contributed by atoms with Crippen molar-refractivity contribution in [1.29, 1.82) is 0 Å². The van der Waals surface area contributed by atoms with E-state index in [1.165, 1.54) is 42.7 Å². The van der Waals surface area contributed by atoms with Crippen molar-refractivity contribution in [2.45, 2.75) is 38.5 Å². The smallest absolute Gasteiger partial charge is 0.245 e. The maximum atomic E-state index is 13.3. The zero-order chi connectivity index (χ0) is 18.6. The van der Waals surface area contributed by atoms with E-state index in [4.69, 9.17) is 0 Å². The van der Waals surface area contributed by atoms with Crippen LogP contribution in [0.15, 0.2) is 18.2 Å². The summed E-state index contributed by atoms with van der Waals surface area (Å²) in [7, 11) is 0. The van der Waals surface area contributed by atoms with Crippen LogP contribution in [0.2, 0.25) is 0 Å². The van der Waals surface area contributed by atoms with E-state index in [0.717, 1.165) is 19.3 Å². The summed E-state index contributed by atoms with van der Waals surface area (Å²) in [5.41, 5.74) is 0.400. The zero-order valence-corrected chi connectivity index (χ0v) is 15.8. The Morgan fingerprint density at radius 2 is 1.81 bits per heavy atom. The molecule has 4 fully saturated rings. The Hall–Kier alpha value is -2.02. The Bertz CT molecular complexity index is 890. The van der Waals surface area contributed by atoms with Gasteiger partial charge in [0.25, 0.3) is 0 Å². The average Bonchev–Trinajstić information content (AvgIpc) is 2.99. The largest absolute Gasteiger partial charge is 0.347 e. The molecule has 0 radical (unpaired) electrons. The molecule has 0 aliphatic heterocycles. The third-order valence-corrected chi connectivity index (χ3v) is 7.46. The van der Waals surface area contributed by atoms with Gasteiger partial charge in [0.2, 0.25) is 11.8 Å². The molecule has 4 aliphatic carbocycles. The van der Waals surface area contributed by atoms with Crippen LogP contribution < -0.4 is 10.6 Å². The molecular weight excluding hydrogens is 365 g/mol. The maximum Gasteiger partial charge on any atom is 0.245 e. The molecule has 0 atom stereocenters. The van der Waals surface area contributed by atoms with Gasteiger partial charge in [0, 0.05) is 5.41 Å². The molecular formula is C20H22FN3O2S. The third kappa shape index (κ3) is 3.12. The van der Waals surface area contributed by atoms with Crippen LogP contribution in [-0.4, -0.2) is 23.3 Å². The van der Waals surface area contributed by atoms with E-state index >= 15 is 0 Å². The second kappa shape index (κ2) is 6.26. The number of aromatic nitrogens is 1. The second-order valence-electron chi connectivity index (χ2n) is 8.56. The summed E-state index contributed by atoms with van der Waals surface area (Å²) in [5.74, 6) is 1.50. The molecule has 6 rings (SSSR count). The number of carbonyl (C=O) groups is 2. The SMILES string of the molecule is O=C(CNC(=O)C12CC3CC(CC(C3)C1)C2)Nc1nc2ccc(F)cc2s1. The number of anilines is 1.